The fraction of sp³-hybridized carbons (Fsp3) is 0.348. The monoisotopic (exact) mass is 408 g/mol. The summed E-state index contributed by atoms with van der Waals surface area (Å²) in [6, 6.07) is 10.3. The number of hydrogen-bond acceptors (Lipinski definition) is 3. The third kappa shape index (κ3) is 4.06. The van der Waals surface area contributed by atoms with Crippen LogP contribution in [0.2, 0.25) is 0 Å². The topological polar surface area (TPSA) is 80.7 Å². The van der Waals surface area contributed by atoms with Crippen LogP contribution in [0, 0.1) is 18.7 Å². The lowest BCUT2D eigenvalue weighted by Gasteiger charge is -2.31. The number of pyridine rings is 1. The van der Waals surface area contributed by atoms with Gasteiger partial charge in [0, 0.05) is 43.7 Å². The van der Waals surface area contributed by atoms with E-state index in [0.29, 0.717) is 25.9 Å². The van der Waals surface area contributed by atoms with Crippen molar-refractivity contribution in [2.45, 2.75) is 32.1 Å². The van der Waals surface area contributed by atoms with Crippen LogP contribution in [0.4, 0.5) is 4.39 Å². The molecule has 2 amide bonds. The van der Waals surface area contributed by atoms with Crippen LogP contribution in [0.15, 0.2) is 48.8 Å². The number of hydrogen-bond donors (Lipinski definition) is 1. The number of halogens is 1. The second-order valence-electron chi connectivity index (χ2n) is 7.98. The van der Waals surface area contributed by atoms with Crippen LogP contribution in [0.25, 0.3) is 5.65 Å². The summed E-state index contributed by atoms with van der Waals surface area (Å²) in [5, 5.41) is 0. The maximum absolute atomic E-state index is 14.0. The molecule has 1 aliphatic heterocycles. The summed E-state index contributed by atoms with van der Waals surface area (Å²) in [6.45, 7) is 3.01. The van der Waals surface area contributed by atoms with E-state index in [2.05, 4.69) is 4.98 Å². The van der Waals surface area contributed by atoms with Crippen molar-refractivity contribution >= 4 is 17.5 Å². The first-order chi connectivity index (χ1) is 14.4. The van der Waals surface area contributed by atoms with Gasteiger partial charge in [-0.05, 0) is 55.2 Å². The number of piperidine rings is 1. The fourth-order valence-electron chi connectivity index (χ4n) is 4.19. The molecule has 4 rings (SSSR count). The summed E-state index contributed by atoms with van der Waals surface area (Å²) in [6.07, 6.45) is 5.06. The molecule has 1 saturated heterocycles. The number of imidazole rings is 1. The molecule has 7 heteroatoms. The Labute approximate surface area is 174 Å². The molecule has 0 radical (unpaired) electrons. The average molecular weight is 408 g/mol. The van der Waals surface area contributed by atoms with Gasteiger partial charge in [-0.15, -0.1) is 0 Å². The summed E-state index contributed by atoms with van der Waals surface area (Å²) in [5.74, 6) is -1.17. The molecule has 30 heavy (non-hydrogen) atoms. The van der Waals surface area contributed by atoms with E-state index in [1.165, 1.54) is 12.1 Å². The molecule has 6 nitrogen and oxygen atoms in total. The third-order valence-corrected chi connectivity index (χ3v) is 5.93. The minimum absolute atomic E-state index is 0.0192. The predicted octanol–water partition coefficient (Wildman–Crippen LogP) is 3.03. The number of primary amides is 1. The number of benzene rings is 1. The molecule has 1 unspecified atom stereocenters. The van der Waals surface area contributed by atoms with E-state index in [1.807, 2.05) is 35.7 Å². The van der Waals surface area contributed by atoms with Gasteiger partial charge >= 0.3 is 0 Å². The highest BCUT2D eigenvalue weighted by atomic mass is 19.1. The van der Waals surface area contributed by atoms with Gasteiger partial charge in [-0.3, -0.25) is 9.59 Å². The van der Waals surface area contributed by atoms with Gasteiger partial charge in [0.15, 0.2) is 0 Å². The van der Waals surface area contributed by atoms with E-state index in [4.69, 9.17) is 5.73 Å². The number of carbonyl (C=O) groups excluding carboxylic acids is 2. The summed E-state index contributed by atoms with van der Waals surface area (Å²) in [5.41, 5.74) is 8.86. The van der Waals surface area contributed by atoms with E-state index >= 15 is 0 Å². The minimum Gasteiger partial charge on any atom is -0.369 e. The number of fused-ring (bicyclic) bond motifs is 1. The third-order valence-electron chi connectivity index (χ3n) is 5.93. The standard InChI is InChI=1S/C23H25FN4O2/c1-15-5-10-28-20(14-26-21(28)11-15)19(17-3-2-4-18(24)12-17)13-22(29)27-8-6-16(7-9-27)23(25)30/h2-5,10-12,14,16,19H,6-9,13H2,1H3,(H2,25,30). The highest BCUT2D eigenvalue weighted by molar-refractivity contribution is 5.79. The van der Waals surface area contributed by atoms with Gasteiger partial charge in [-0.1, -0.05) is 12.1 Å². The zero-order valence-corrected chi connectivity index (χ0v) is 16.9. The number of rotatable bonds is 5. The summed E-state index contributed by atoms with van der Waals surface area (Å²) in [4.78, 5) is 30.8. The number of carbonyl (C=O) groups is 2. The predicted molar refractivity (Wildman–Crippen MR) is 111 cm³/mol. The zero-order chi connectivity index (χ0) is 21.3. The molecule has 2 aromatic heterocycles. The second kappa shape index (κ2) is 8.26. The number of aryl methyl sites for hydroxylation is 1. The SMILES string of the molecule is Cc1ccn2c(C(CC(=O)N3CCC(C(N)=O)CC3)c3cccc(F)c3)cnc2c1. The van der Waals surface area contributed by atoms with Gasteiger partial charge in [-0.2, -0.15) is 0 Å². The van der Waals surface area contributed by atoms with Gasteiger partial charge in [0.1, 0.15) is 11.5 Å². The van der Waals surface area contributed by atoms with E-state index in [1.54, 1.807) is 17.2 Å². The maximum Gasteiger partial charge on any atom is 0.223 e. The normalized spacial score (nSPS) is 16.0. The molecular formula is C23H25FN4O2. The molecule has 156 valence electrons. The molecule has 1 aliphatic rings. The quantitative estimate of drug-likeness (QED) is 0.705. The molecule has 0 spiro atoms. The van der Waals surface area contributed by atoms with Crippen LogP contribution in [0.1, 0.15) is 42.0 Å². The Hall–Kier alpha value is -3.22. The number of amides is 2. The molecule has 1 aromatic carbocycles. The largest absolute Gasteiger partial charge is 0.369 e. The fourth-order valence-corrected chi connectivity index (χ4v) is 4.19. The van der Waals surface area contributed by atoms with Crippen LogP contribution in [-0.4, -0.2) is 39.2 Å². The van der Waals surface area contributed by atoms with Crippen molar-refractivity contribution in [1.29, 1.82) is 0 Å². The molecule has 0 aliphatic carbocycles. The smallest absolute Gasteiger partial charge is 0.223 e. The first-order valence-corrected chi connectivity index (χ1v) is 10.2. The van der Waals surface area contributed by atoms with E-state index in [0.717, 1.165) is 22.5 Å². The van der Waals surface area contributed by atoms with Gasteiger partial charge in [0.05, 0.1) is 5.69 Å². The van der Waals surface area contributed by atoms with Crippen LogP contribution in [0.3, 0.4) is 0 Å². The Bertz CT molecular complexity index is 1090. The highest BCUT2D eigenvalue weighted by Gasteiger charge is 2.29. The van der Waals surface area contributed by atoms with Crippen molar-refractivity contribution in [1.82, 2.24) is 14.3 Å². The van der Waals surface area contributed by atoms with Crippen molar-refractivity contribution in [3.8, 4) is 0 Å². The van der Waals surface area contributed by atoms with Crippen molar-refractivity contribution in [2.75, 3.05) is 13.1 Å². The molecule has 0 bridgehead atoms. The van der Waals surface area contributed by atoms with Gasteiger partial charge in [-0.25, -0.2) is 9.37 Å². The van der Waals surface area contributed by atoms with E-state index in [9.17, 15) is 14.0 Å². The number of aromatic nitrogens is 2. The van der Waals surface area contributed by atoms with Crippen molar-refractivity contribution in [3.05, 3.63) is 71.4 Å². The number of nitrogens with zero attached hydrogens (tertiary/aromatic N) is 3. The summed E-state index contributed by atoms with van der Waals surface area (Å²) >= 11 is 0. The lowest BCUT2D eigenvalue weighted by Crippen LogP contribution is -2.42. The molecule has 3 aromatic rings. The Morgan fingerprint density at radius 2 is 2.00 bits per heavy atom. The van der Waals surface area contributed by atoms with E-state index < -0.39 is 0 Å². The van der Waals surface area contributed by atoms with Crippen LogP contribution >= 0.6 is 0 Å². The summed E-state index contributed by atoms with van der Waals surface area (Å²) in [7, 11) is 0. The lowest BCUT2D eigenvalue weighted by atomic mass is 9.90. The second-order valence-corrected chi connectivity index (χ2v) is 7.98. The van der Waals surface area contributed by atoms with Crippen LogP contribution < -0.4 is 5.73 Å². The number of nitrogens with two attached hydrogens (primary N) is 1. The molecule has 1 atom stereocenters. The Kier molecular flexibility index (Phi) is 5.53. The minimum atomic E-state index is -0.336. The zero-order valence-electron chi connectivity index (χ0n) is 16.9. The molecule has 1 fully saturated rings. The van der Waals surface area contributed by atoms with E-state index in [-0.39, 0.29) is 35.9 Å². The van der Waals surface area contributed by atoms with Crippen molar-refractivity contribution in [3.63, 3.8) is 0 Å². The Morgan fingerprint density at radius 3 is 2.70 bits per heavy atom. The molecule has 2 N–H and O–H groups in total. The van der Waals surface area contributed by atoms with Gasteiger partial charge in [0.25, 0.3) is 0 Å². The summed E-state index contributed by atoms with van der Waals surface area (Å²) < 4.78 is 15.9. The Morgan fingerprint density at radius 1 is 1.23 bits per heavy atom. The van der Waals surface area contributed by atoms with Crippen molar-refractivity contribution < 1.29 is 14.0 Å². The van der Waals surface area contributed by atoms with Gasteiger partial charge < -0.3 is 15.0 Å². The molecule has 0 saturated carbocycles. The average Bonchev–Trinajstić information content (AvgIpc) is 3.14. The molecule has 3 heterocycles. The molecular weight excluding hydrogens is 383 g/mol. The van der Waals surface area contributed by atoms with Gasteiger partial charge in [0.2, 0.25) is 11.8 Å². The maximum atomic E-state index is 14.0. The van der Waals surface area contributed by atoms with Crippen LogP contribution in [0.5, 0.6) is 0 Å². The lowest BCUT2D eigenvalue weighted by molar-refractivity contribution is -0.135. The highest BCUT2D eigenvalue weighted by Crippen LogP contribution is 2.31. The van der Waals surface area contributed by atoms with Crippen molar-refractivity contribution in [2.24, 2.45) is 11.7 Å². The first-order valence-electron chi connectivity index (χ1n) is 10.2. The first kappa shape index (κ1) is 20.1. The Balaban J connectivity index is 1.63. The number of likely N-dealkylation sites (tertiary alicyclic amines) is 1. The van der Waals surface area contributed by atoms with Crippen LogP contribution in [-0.2, 0) is 9.59 Å².